The number of rotatable bonds is 13. The van der Waals surface area contributed by atoms with Crippen LogP contribution in [0.2, 0.25) is 5.54 Å². The molecule has 3 aromatic rings. The molecule has 0 saturated heterocycles. The number of allylic oxidation sites excluding steroid dienone is 4. The van der Waals surface area contributed by atoms with E-state index in [0.29, 0.717) is 5.54 Å². The summed E-state index contributed by atoms with van der Waals surface area (Å²) in [7, 11) is -2.54. The second kappa shape index (κ2) is 13.8. The summed E-state index contributed by atoms with van der Waals surface area (Å²) < 4.78 is 0. The molecule has 3 aromatic carbocycles. The van der Waals surface area contributed by atoms with Crippen molar-refractivity contribution in [3.8, 4) is 0 Å². The zero-order valence-corrected chi connectivity index (χ0v) is 27.4. The van der Waals surface area contributed by atoms with E-state index in [1.165, 1.54) is 52.6 Å². The van der Waals surface area contributed by atoms with E-state index in [1.54, 1.807) is 21.1 Å². The van der Waals surface area contributed by atoms with Crippen LogP contribution in [0.3, 0.4) is 0 Å². The third-order valence-electron chi connectivity index (χ3n) is 9.27. The fraction of sp³-hybridized carbons (Fsp3) is 0.436. The smallest absolute Gasteiger partial charge is 0.0790 e. The van der Waals surface area contributed by atoms with Gasteiger partial charge in [-0.05, 0) is 100 Å². The molecule has 1 aliphatic carbocycles. The van der Waals surface area contributed by atoms with Crippen LogP contribution < -0.4 is 15.6 Å². The van der Waals surface area contributed by atoms with E-state index < -0.39 is 8.07 Å². The summed E-state index contributed by atoms with van der Waals surface area (Å²) in [6, 6.07) is 23.1. The molecular formula is C39H52Si. The molecular weight excluding hydrogens is 497 g/mol. The van der Waals surface area contributed by atoms with E-state index in [-0.39, 0.29) is 0 Å². The van der Waals surface area contributed by atoms with Crippen LogP contribution in [0, 0.1) is 0 Å². The highest BCUT2D eigenvalue weighted by Gasteiger charge is 2.48. The van der Waals surface area contributed by atoms with Crippen molar-refractivity contribution in [3.05, 3.63) is 112 Å². The minimum absolute atomic E-state index is 0.435. The fourth-order valence-corrected chi connectivity index (χ4v) is 12.5. The first-order chi connectivity index (χ1) is 19.5. The molecule has 1 atom stereocenters. The summed E-state index contributed by atoms with van der Waals surface area (Å²) >= 11 is 0. The molecule has 0 bridgehead atoms. The minimum Gasteiger partial charge on any atom is -0.0790 e. The number of aryl methyl sites for hydroxylation is 6. The number of hydrogen-bond acceptors (Lipinski definition) is 0. The molecule has 0 heterocycles. The molecule has 0 N–H and O–H groups in total. The second-order valence-electron chi connectivity index (χ2n) is 11.8. The van der Waals surface area contributed by atoms with Crippen molar-refractivity contribution in [1.29, 1.82) is 0 Å². The van der Waals surface area contributed by atoms with Crippen molar-refractivity contribution >= 4 is 23.6 Å². The van der Waals surface area contributed by atoms with Crippen LogP contribution in [-0.2, 0) is 38.5 Å². The summed E-state index contributed by atoms with van der Waals surface area (Å²) in [6.45, 7) is 16.3. The summed E-state index contributed by atoms with van der Waals surface area (Å²) in [5.41, 5.74) is 11.0. The Labute approximate surface area is 246 Å². The highest BCUT2D eigenvalue weighted by Crippen LogP contribution is 2.39. The maximum absolute atomic E-state index is 2.61. The predicted molar refractivity (Wildman–Crippen MR) is 181 cm³/mol. The maximum atomic E-state index is 2.61. The molecule has 0 fully saturated rings. The van der Waals surface area contributed by atoms with Crippen LogP contribution in [-0.4, -0.2) is 8.07 Å². The van der Waals surface area contributed by atoms with Gasteiger partial charge in [-0.3, -0.25) is 0 Å². The third kappa shape index (κ3) is 6.01. The lowest BCUT2D eigenvalue weighted by Gasteiger charge is -2.41. The van der Waals surface area contributed by atoms with Crippen molar-refractivity contribution in [2.24, 2.45) is 0 Å². The molecule has 0 radical (unpaired) electrons. The van der Waals surface area contributed by atoms with Crippen LogP contribution >= 0.6 is 0 Å². The molecule has 40 heavy (non-hydrogen) atoms. The Morgan fingerprint density at radius 1 is 0.500 bits per heavy atom. The molecule has 0 aromatic heterocycles. The monoisotopic (exact) mass is 548 g/mol. The normalized spacial score (nSPS) is 15.1. The molecule has 212 valence electrons. The van der Waals surface area contributed by atoms with E-state index in [1.807, 2.05) is 0 Å². The maximum Gasteiger partial charge on any atom is 0.159 e. The Balaban J connectivity index is 2.21. The van der Waals surface area contributed by atoms with Gasteiger partial charge in [-0.25, -0.2) is 0 Å². The van der Waals surface area contributed by atoms with E-state index in [4.69, 9.17) is 0 Å². The van der Waals surface area contributed by atoms with Crippen molar-refractivity contribution in [2.75, 3.05) is 0 Å². The molecule has 0 amide bonds. The van der Waals surface area contributed by atoms with E-state index in [0.717, 1.165) is 38.5 Å². The summed E-state index contributed by atoms with van der Waals surface area (Å²) in [4.78, 5) is 0. The van der Waals surface area contributed by atoms with Gasteiger partial charge in [0.1, 0.15) is 0 Å². The highest BCUT2D eigenvalue weighted by molar-refractivity contribution is 7.13. The minimum atomic E-state index is -2.54. The molecule has 1 unspecified atom stereocenters. The number of unbranched alkanes of at least 4 members (excludes halogenated alkanes) is 1. The van der Waals surface area contributed by atoms with Crippen molar-refractivity contribution < 1.29 is 0 Å². The van der Waals surface area contributed by atoms with Gasteiger partial charge in [0.25, 0.3) is 0 Å². The van der Waals surface area contributed by atoms with Crippen LogP contribution in [0.25, 0.3) is 0 Å². The van der Waals surface area contributed by atoms with Crippen molar-refractivity contribution in [2.45, 2.75) is 112 Å². The van der Waals surface area contributed by atoms with Gasteiger partial charge in [-0.1, -0.05) is 133 Å². The van der Waals surface area contributed by atoms with Gasteiger partial charge in [-0.2, -0.15) is 0 Å². The van der Waals surface area contributed by atoms with Crippen LogP contribution in [0.5, 0.6) is 0 Å². The molecule has 0 aliphatic heterocycles. The zero-order chi connectivity index (χ0) is 28.7. The van der Waals surface area contributed by atoms with Crippen LogP contribution in [0.1, 0.15) is 101 Å². The SMILES string of the molecule is CCCCC1=CC=CC1[Si](c1cc(CC)cc(CC)c1)(c1cc(CC)cc(CC)c1)c1cc(CC)cc(CC)c1. The van der Waals surface area contributed by atoms with Gasteiger partial charge in [0.15, 0.2) is 8.07 Å². The molecule has 4 rings (SSSR count). The van der Waals surface area contributed by atoms with E-state index in [9.17, 15) is 0 Å². The first kappa shape index (κ1) is 30.3. The lowest BCUT2D eigenvalue weighted by atomic mass is 10.1. The first-order valence-corrected chi connectivity index (χ1v) is 18.3. The third-order valence-corrected chi connectivity index (χ3v) is 14.4. The topological polar surface area (TPSA) is 0 Å². The van der Waals surface area contributed by atoms with Crippen molar-refractivity contribution in [3.63, 3.8) is 0 Å². The molecule has 0 saturated carbocycles. The lowest BCUT2D eigenvalue weighted by molar-refractivity contribution is 0.776. The van der Waals surface area contributed by atoms with Gasteiger partial charge >= 0.3 is 0 Å². The molecule has 1 aliphatic rings. The largest absolute Gasteiger partial charge is 0.159 e. The van der Waals surface area contributed by atoms with Gasteiger partial charge in [0, 0.05) is 5.54 Å². The number of benzene rings is 3. The zero-order valence-electron chi connectivity index (χ0n) is 26.4. The van der Waals surface area contributed by atoms with E-state index >= 15 is 0 Å². The predicted octanol–water partition coefficient (Wildman–Crippen LogP) is 8.59. The summed E-state index contributed by atoms with van der Waals surface area (Å²) in [5, 5.41) is 4.81. The van der Waals surface area contributed by atoms with Gasteiger partial charge in [0.05, 0.1) is 0 Å². The second-order valence-corrected chi connectivity index (χ2v) is 15.7. The van der Waals surface area contributed by atoms with Crippen LogP contribution in [0.4, 0.5) is 0 Å². The molecule has 1 heteroatoms. The Bertz CT molecular complexity index is 1150. The van der Waals surface area contributed by atoms with Crippen LogP contribution in [0.15, 0.2) is 78.4 Å². The highest BCUT2D eigenvalue weighted by atomic mass is 28.3. The first-order valence-electron chi connectivity index (χ1n) is 16.2. The lowest BCUT2D eigenvalue weighted by Crippen LogP contribution is -2.70. The standard InChI is InChI=1S/C39H52Si/c1-8-15-17-35-18-16-19-39(35)40(36-23-29(9-2)20-30(10-3)24-36,37-25-31(11-4)21-32(12-5)26-37)38-27-33(13-6)22-34(14-7)28-38/h16,18-28,39H,8-15,17H2,1-7H3. The van der Waals surface area contributed by atoms with Gasteiger partial charge in [0.2, 0.25) is 0 Å². The Morgan fingerprint density at radius 2 is 0.850 bits per heavy atom. The molecule has 0 nitrogen and oxygen atoms in total. The molecule has 0 spiro atoms. The Hall–Kier alpha value is -2.64. The quantitative estimate of drug-likeness (QED) is 0.148. The average Bonchev–Trinajstić information content (AvgIpc) is 3.48. The average molecular weight is 549 g/mol. The van der Waals surface area contributed by atoms with Gasteiger partial charge in [-0.15, -0.1) is 0 Å². The van der Waals surface area contributed by atoms with Crippen molar-refractivity contribution in [1.82, 2.24) is 0 Å². The Kier molecular flexibility index (Phi) is 10.5. The number of hydrogen-bond donors (Lipinski definition) is 0. The van der Waals surface area contributed by atoms with Gasteiger partial charge < -0.3 is 0 Å². The Morgan fingerprint density at radius 3 is 1.15 bits per heavy atom. The van der Waals surface area contributed by atoms with E-state index in [2.05, 4.69) is 121 Å². The fourth-order valence-electron chi connectivity index (χ4n) is 6.79. The summed E-state index contributed by atoms with van der Waals surface area (Å²) in [5.74, 6) is 0. The summed E-state index contributed by atoms with van der Waals surface area (Å²) in [6.07, 6.45) is 17.6.